The van der Waals surface area contributed by atoms with E-state index in [0.29, 0.717) is 44.5 Å². The van der Waals surface area contributed by atoms with E-state index in [4.69, 9.17) is 33.2 Å². The molecule has 0 N–H and O–H groups in total. The van der Waals surface area contributed by atoms with Crippen LogP contribution in [0, 0.1) is 11.8 Å². The Balaban J connectivity index is -0.00000817. The highest BCUT2D eigenvalue weighted by Gasteiger charge is 2.21. The van der Waals surface area contributed by atoms with Gasteiger partial charge >= 0.3 is 29.8 Å². The van der Waals surface area contributed by atoms with Crippen molar-refractivity contribution < 1.29 is 61.9 Å². The lowest BCUT2D eigenvalue weighted by Gasteiger charge is -2.22. The Morgan fingerprint density at radius 3 is 1.07 bits per heavy atom. The zero-order valence-corrected chi connectivity index (χ0v) is 46.6. The predicted molar refractivity (Wildman–Crippen MR) is 303 cm³/mol. The largest absolute Gasteiger partial charge is 0.465 e. The maximum Gasteiger partial charge on any atom is 0.305 e. The van der Waals surface area contributed by atoms with Crippen LogP contribution in [0.5, 0.6) is 0 Å². The van der Waals surface area contributed by atoms with Crippen LogP contribution >= 0.6 is 11.8 Å². The van der Waals surface area contributed by atoms with Crippen molar-refractivity contribution in [1.82, 2.24) is 9.80 Å². The molecule has 1 amide bonds. The Morgan fingerprint density at radius 2 is 0.703 bits per heavy atom. The van der Waals surface area contributed by atoms with Crippen LogP contribution in [0.4, 0.5) is 4.79 Å². The van der Waals surface area contributed by atoms with Gasteiger partial charge in [-0.25, -0.2) is 0 Å². The fourth-order valence-electron chi connectivity index (χ4n) is 7.39. The fraction of sp³-hybridized carbons (Fsp3) is 0.897. The van der Waals surface area contributed by atoms with Crippen molar-refractivity contribution in [2.24, 2.45) is 11.8 Å². The summed E-state index contributed by atoms with van der Waals surface area (Å²) in [6.45, 7) is 10.9. The minimum Gasteiger partial charge on any atom is -0.465 e. The quantitative estimate of drug-likeness (QED) is 0.0243. The van der Waals surface area contributed by atoms with Crippen LogP contribution in [-0.4, -0.2) is 137 Å². The molecule has 74 heavy (non-hydrogen) atoms. The molecule has 0 bridgehead atoms. The zero-order chi connectivity index (χ0) is 52.4. The van der Waals surface area contributed by atoms with E-state index in [9.17, 15) is 28.8 Å². The first-order valence-electron chi connectivity index (χ1n) is 27.9. The van der Waals surface area contributed by atoms with Gasteiger partial charge in [-0.1, -0.05) is 171 Å². The fourth-order valence-corrected chi connectivity index (χ4v) is 8.21. The molecule has 15 nitrogen and oxygen atoms in total. The smallest absolute Gasteiger partial charge is 0.305 e. The molecular weight excluding hydrogens is 965 g/mol. The molecule has 0 aromatic carbocycles. The van der Waals surface area contributed by atoms with E-state index in [1.165, 1.54) is 43.9 Å². The van der Waals surface area contributed by atoms with Gasteiger partial charge in [0.1, 0.15) is 26.6 Å². The van der Waals surface area contributed by atoms with Crippen molar-refractivity contribution in [2.45, 2.75) is 236 Å². The molecule has 0 aromatic heterocycles. The van der Waals surface area contributed by atoms with Crippen LogP contribution in [0.3, 0.4) is 0 Å². The van der Waals surface area contributed by atoms with Gasteiger partial charge in [-0.15, -0.1) is 0 Å². The molecule has 1 unspecified atom stereocenters. The molecule has 0 radical (unpaired) electrons. The van der Waals surface area contributed by atoms with Crippen molar-refractivity contribution in [3.05, 3.63) is 0 Å². The van der Waals surface area contributed by atoms with Gasteiger partial charge in [0.25, 0.3) is 5.24 Å². The lowest BCUT2D eigenvalue weighted by molar-refractivity contribution is -0.155. The number of nitrogens with zero attached hydrogens (tertiary/aromatic N) is 2. The third kappa shape index (κ3) is 52.5. The predicted octanol–water partition coefficient (Wildman–Crippen LogP) is 13.9. The van der Waals surface area contributed by atoms with Crippen molar-refractivity contribution in [3.63, 3.8) is 0 Å². The summed E-state index contributed by atoms with van der Waals surface area (Å²) in [5.41, 5.74) is 0. The summed E-state index contributed by atoms with van der Waals surface area (Å²) in [4.78, 5) is 80.8. The van der Waals surface area contributed by atoms with E-state index in [1.54, 1.807) is 4.90 Å². The van der Waals surface area contributed by atoms with Crippen molar-refractivity contribution in [2.75, 3.05) is 92.5 Å². The average Bonchev–Trinajstić information content (AvgIpc) is 3.35. The summed E-state index contributed by atoms with van der Waals surface area (Å²) < 4.78 is 39.2. The second-order valence-electron chi connectivity index (χ2n) is 19.3. The highest BCUT2D eigenvalue weighted by atomic mass is 32.2. The molecule has 440 valence electrons. The average molecular weight is 1080 g/mol. The van der Waals surface area contributed by atoms with E-state index in [0.717, 1.165) is 116 Å². The standard InChI is InChI=1S/C55H102N2O13S.3CH4/c1-7-11-15-18-21-24-31-50(58)66-42-48(41-65-47-64-39-27-14-10-4)43-67-53(61)34-28-37-57(55(63)71-40-30-36-56(5)6)38-29-35-54(62)70-46-49(44-68-51(59)32-25-22-19-16-12-8-2)45-69-52(60)33-26-23-20-17-13-9-3;;;/h48-49H,7-47H2,1-6H3;3*1H4. The molecular formula is C58H114N2O13S. The maximum absolute atomic E-state index is 13.4. The number of ether oxygens (including phenoxy) is 7. The maximum atomic E-state index is 13.4. The number of hydrogen-bond donors (Lipinski definition) is 0. The lowest BCUT2D eigenvalue weighted by atomic mass is 10.1. The molecule has 0 spiro atoms. The first kappa shape index (κ1) is 77.6. The van der Waals surface area contributed by atoms with Gasteiger partial charge in [0, 0.05) is 57.6 Å². The molecule has 0 rings (SSSR count). The van der Waals surface area contributed by atoms with Crippen molar-refractivity contribution in [1.29, 1.82) is 0 Å². The van der Waals surface area contributed by atoms with E-state index < -0.39 is 17.9 Å². The zero-order valence-electron chi connectivity index (χ0n) is 45.8. The Kier molecular flexibility index (Phi) is 60.5. The Hall–Kier alpha value is -2.95. The molecule has 0 fully saturated rings. The van der Waals surface area contributed by atoms with Gasteiger partial charge in [0.15, 0.2) is 0 Å². The summed E-state index contributed by atoms with van der Waals surface area (Å²) >= 11 is 1.22. The second-order valence-corrected chi connectivity index (χ2v) is 20.3. The number of thioether (sulfide) groups is 1. The number of unbranched alkanes of at least 4 members (excludes halogenated alkanes) is 17. The van der Waals surface area contributed by atoms with Crippen LogP contribution in [0.1, 0.15) is 236 Å². The molecule has 0 heterocycles. The highest BCUT2D eigenvalue weighted by molar-refractivity contribution is 8.13. The minimum absolute atomic E-state index is 0. The molecule has 0 aliphatic rings. The SMILES string of the molecule is C.C.C.CCCCCCCCC(=O)OCC(COCOCCCCC)COC(=O)CCCN(CCCC(=O)OCC(COC(=O)CCCCCCCC)COC(=O)CCCCCCCC)C(=O)SCCCN(C)C. The number of amides is 1. The van der Waals surface area contributed by atoms with E-state index in [1.807, 2.05) is 14.1 Å². The van der Waals surface area contributed by atoms with Gasteiger partial charge in [-0.05, 0) is 65.6 Å². The van der Waals surface area contributed by atoms with Gasteiger partial charge in [0.2, 0.25) is 0 Å². The Bertz CT molecular complexity index is 1290. The second kappa shape index (κ2) is 57.7. The van der Waals surface area contributed by atoms with Crippen LogP contribution < -0.4 is 0 Å². The van der Waals surface area contributed by atoms with E-state index in [-0.39, 0.29) is 124 Å². The van der Waals surface area contributed by atoms with Crippen molar-refractivity contribution >= 4 is 46.8 Å². The summed E-state index contributed by atoms with van der Waals surface area (Å²) in [6, 6.07) is 0. The molecule has 0 saturated heterocycles. The first-order valence-corrected chi connectivity index (χ1v) is 28.9. The molecule has 0 aromatic rings. The van der Waals surface area contributed by atoms with Crippen molar-refractivity contribution in [3.8, 4) is 0 Å². The highest BCUT2D eigenvalue weighted by Crippen LogP contribution is 2.16. The van der Waals surface area contributed by atoms with Gasteiger partial charge < -0.3 is 43.0 Å². The van der Waals surface area contributed by atoms with Gasteiger partial charge in [0.05, 0.1) is 31.7 Å². The monoisotopic (exact) mass is 1080 g/mol. The van der Waals surface area contributed by atoms with E-state index >= 15 is 0 Å². The van der Waals surface area contributed by atoms with Gasteiger partial charge in [-0.3, -0.25) is 28.8 Å². The number of rotatable bonds is 51. The van der Waals surface area contributed by atoms with Crippen LogP contribution in [0.2, 0.25) is 0 Å². The first-order chi connectivity index (χ1) is 34.4. The number of esters is 5. The molecule has 0 saturated carbocycles. The topological polar surface area (TPSA) is 174 Å². The Morgan fingerprint density at radius 1 is 0.378 bits per heavy atom. The Labute approximate surface area is 457 Å². The third-order valence-corrected chi connectivity index (χ3v) is 12.9. The molecule has 1 atom stereocenters. The number of carbonyl (C=O) groups excluding carboxylic acids is 6. The van der Waals surface area contributed by atoms with E-state index in [2.05, 4.69) is 32.6 Å². The van der Waals surface area contributed by atoms with Crippen LogP contribution in [0.15, 0.2) is 0 Å². The summed E-state index contributed by atoms with van der Waals surface area (Å²) in [7, 11) is 3.96. The molecule has 0 aliphatic carbocycles. The summed E-state index contributed by atoms with van der Waals surface area (Å²) in [5, 5.41) is -0.131. The molecule has 0 aliphatic heterocycles. The summed E-state index contributed by atoms with van der Waals surface area (Å²) in [6.07, 6.45) is 24.7. The van der Waals surface area contributed by atoms with Crippen LogP contribution in [-0.2, 0) is 57.1 Å². The summed E-state index contributed by atoms with van der Waals surface area (Å²) in [5.74, 6) is -2.08. The van der Waals surface area contributed by atoms with Crippen LogP contribution in [0.25, 0.3) is 0 Å². The normalized spacial score (nSPS) is 11.2. The molecule has 16 heteroatoms. The lowest BCUT2D eigenvalue weighted by Crippen LogP contribution is -2.31. The third-order valence-electron chi connectivity index (χ3n) is 11.9. The number of carbonyl (C=O) groups is 6. The minimum atomic E-state index is -0.514. The van der Waals surface area contributed by atoms with Gasteiger partial charge in [-0.2, -0.15) is 0 Å². The number of hydrogen-bond acceptors (Lipinski definition) is 15.